The lowest BCUT2D eigenvalue weighted by Crippen LogP contribution is -2.36. The van der Waals surface area contributed by atoms with Gasteiger partial charge in [0.05, 0.1) is 0 Å². The number of Topliss-reactive ketones (excluding diaryl/α,β-unsaturated/α-hetero) is 1. The van der Waals surface area contributed by atoms with E-state index in [0.717, 1.165) is 24.3 Å². The van der Waals surface area contributed by atoms with E-state index in [1.54, 1.807) is 5.57 Å². The summed E-state index contributed by atoms with van der Waals surface area (Å²) in [7, 11) is 0. The molecular formula is C20H24O. The van der Waals surface area contributed by atoms with Crippen LogP contribution in [0.3, 0.4) is 0 Å². The Hall–Kier alpha value is -1.37. The second-order valence-corrected chi connectivity index (χ2v) is 8.44. The number of hydrogen-bond acceptors (Lipinski definition) is 1. The van der Waals surface area contributed by atoms with Crippen LogP contribution in [0.4, 0.5) is 0 Å². The molecule has 2 unspecified atom stereocenters. The standard InChI is InChI=1S/C20H24O/c1-19(2,3)15-7-5-14-11-20(12-18(21)17(14)9-15)10-13-4-6-16(20)8-13/h4-5,7,9,16H,6,8,10-12H2,1-3H3. The van der Waals surface area contributed by atoms with Crippen LogP contribution in [0.15, 0.2) is 29.8 Å². The van der Waals surface area contributed by atoms with Gasteiger partial charge in [-0.1, -0.05) is 44.6 Å². The van der Waals surface area contributed by atoms with Crippen LogP contribution in [0, 0.1) is 11.3 Å². The average molecular weight is 280 g/mol. The van der Waals surface area contributed by atoms with Crippen molar-refractivity contribution >= 4 is 5.78 Å². The van der Waals surface area contributed by atoms with Crippen LogP contribution in [0.5, 0.6) is 0 Å². The number of allylic oxidation sites excluding steroid dienone is 2. The molecule has 4 rings (SSSR count). The predicted molar refractivity (Wildman–Crippen MR) is 85.7 cm³/mol. The highest BCUT2D eigenvalue weighted by Gasteiger charge is 2.50. The van der Waals surface area contributed by atoms with Gasteiger partial charge in [-0.15, -0.1) is 0 Å². The molecule has 0 amide bonds. The first kappa shape index (κ1) is 13.3. The Morgan fingerprint density at radius 3 is 2.57 bits per heavy atom. The maximum absolute atomic E-state index is 12.8. The van der Waals surface area contributed by atoms with Gasteiger partial charge in [-0.3, -0.25) is 4.79 Å². The van der Waals surface area contributed by atoms with Gasteiger partial charge in [0.15, 0.2) is 5.78 Å². The zero-order valence-corrected chi connectivity index (χ0v) is 13.3. The van der Waals surface area contributed by atoms with Crippen LogP contribution >= 0.6 is 0 Å². The summed E-state index contributed by atoms with van der Waals surface area (Å²) in [6.45, 7) is 6.64. The molecule has 0 saturated heterocycles. The Balaban J connectivity index is 1.74. The topological polar surface area (TPSA) is 17.1 Å². The molecule has 1 spiro atoms. The highest BCUT2D eigenvalue weighted by Crippen LogP contribution is 2.58. The summed E-state index contributed by atoms with van der Waals surface area (Å²) in [4.78, 5) is 12.8. The number of rotatable bonds is 0. The summed E-state index contributed by atoms with van der Waals surface area (Å²) < 4.78 is 0. The molecular weight excluding hydrogens is 256 g/mol. The van der Waals surface area contributed by atoms with Gasteiger partial charge >= 0.3 is 0 Å². The van der Waals surface area contributed by atoms with E-state index in [0.29, 0.717) is 5.78 Å². The van der Waals surface area contributed by atoms with Crippen molar-refractivity contribution in [1.29, 1.82) is 0 Å². The predicted octanol–water partition coefficient (Wildman–Crippen LogP) is 4.84. The normalized spacial score (nSPS) is 30.7. The highest BCUT2D eigenvalue weighted by atomic mass is 16.1. The van der Waals surface area contributed by atoms with Crippen LogP contribution in [-0.4, -0.2) is 5.78 Å². The molecule has 1 aromatic rings. The van der Waals surface area contributed by atoms with Gasteiger partial charge in [0.2, 0.25) is 0 Å². The fourth-order valence-corrected chi connectivity index (χ4v) is 4.73. The van der Waals surface area contributed by atoms with Crippen molar-refractivity contribution in [2.75, 3.05) is 0 Å². The van der Waals surface area contributed by atoms with Gasteiger partial charge in [-0.2, -0.15) is 0 Å². The Kier molecular flexibility index (Phi) is 2.59. The molecule has 1 heteroatoms. The second-order valence-electron chi connectivity index (χ2n) is 8.44. The van der Waals surface area contributed by atoms with Crippen LogP contribution in [0.1, 0.15) is 67.9 Å². The molecule has 3 aliphatic carbocycles. The monoisotopic (exact) mass is 280 g/mol. The molecule has 0 heterocycles. The number of benzene rings is 1. The maximum Gasteiger partial charge on any atom is 0.163 e. The van der Waals surface area contributed by atoms with Crippen molar-refractivity contribution < 1.29 is 4.79 Å². The van der Waals surface area contributed by atoms with E-state index < -0.39 is 0 Å². The van der Waals surface area contributed by atoms with Crippen molar-refractivity contribution in [1.82, 2.24) is 0 Å². The van der Waals surface area contributed by atoms with Gasteiger partial charge in [-0.05, 0) is 59.6 Å². The quantitative estimate of drug-likeness (QED) is 0.621. The molecule has 3 aliphatic rings. The molecule has 1 nitrogen and oxygen atoms in total. The molecule has 0 N–H and O–H groups in total. The number of hydrogen-bond donors (Lipinski definition) is 0. The summed E-state index contributed by atoms with van der Waals surface area (Å²) in [5.41, 5.74) is 5.57. The van der Waals surface area contributed by atoms with E-state index in [1.807, 2.05) is 0 Å². The van der Waals surface area contributed by atoms with E-state index in [9.17, 15) is 4.79 Å². The van der Waals surface area contributed by atoms with Crippen molar-refractivity contribution in [2.45, 2.75) is 58.3 Å². The maximum atomic E-state index is 12.8. The molecule has 1 aromatic carbocycles. The number of carbonyl (C=O) groups excluding carboxylic acids is 1. The van der Waals surface area contributed by atoms with Gasteiger partial charge < -0.3 is 0 Å². The van der Waals surface area contributed by atoms with E-state index in [1.165, 1.54) is 30.4 Å². The lowest BCUT2D eigenvalue weighted by atomic mass is 9.63. The SMILES string of the molecule is CC(C)(C)c1ccc2c(c1)C(=O)CC1(CC3=CCC1C3)C2. The first-order valence-corrected chi connectivity index (χ1v) is 8.22. The van der Waals surface area contributed by atoms with Gasteiger partial charge in [0.1, 0.15) is 0 Å². The third-order valence-electron chi connectivity index (χ3n) is 5.98. The summed E-state index contributed by atoms with van der Waals surface area (Å²) >= 11 is 0. The number of carbonyl (C=O) groups is 1. The van der Waals surface area contributed by atoms with Crippen molar-refractivity contribution in [2.24, 2.45) is 11.3 Å². The van der Waals surface area contributed by atoms with E-state index in [4.69, 9.17) is 0 Å². The molecule has 21 heavy (non-hydrogen) atoms. The molecule has 1 saturated carbocycles. The fraction of sp³-hybridized carbons (Fsp3) is 0.550. The zero-order valence-electron chi connectivity index (χ0n) is 13.3. The molecule has 110 valence electrons. The summed E-state index contributed by atoms with van der Waals surface area (Å²) in [5, 5.41) is 0. The molecule has 0 aliphatic heterocycles. The molecule has 2 bridgehead atoms. The first-order chi connectivity index (χ1) is 9.87. The summed E-state index contributed by atoms with van der Waals surface area (Å²) in [6, 6.07) is 6.63. The number of fused-ring (bicyclic) bond motifs is 4. The van der Waals surface area contributed by atoms with Gasteiger partial charge in [0, 0.05) is 12.0 Å². The van der Waals surface area contributed by atoms with E-state index in [2.05, 4.69) is 45.0 Å². The smallest absolute Gasteiger partial charge is 0.163 e. The van der Waals surface area contributed by atoms with Crippen LogP contribution < -0.4 is 0 Å². The average Bonchev–Trinajstić information content (AvgIpc) is 2.97. The van der Waals surface area contributed by atoms with Crippen molar-refractivity contribution in [3.8, 4) is 0 Å². The Labute approximate surface area is 127 Å². The van der Waals surface area contributed by atoms with E-state index in [-0.39, 0.29) is 10.8 Å². The van der Waals surface area contributed by atoms with Crippen LogP contribution in [-0.2, 0) is 11.8 Å². The third kappa shape index (κ3) is 1.93. The highest BCUT2D eigenvalue weighted by molar-refractivity contribution is 5.99. The Morgan fingerprint density at radius 1 is 1.14 bits per heavy atom. The second kappa shape index (κ2) is 4.09. The van der Waals surface area contributed by atoms with Gasteiger partial charge in [0.25, 0.3) is 0 Å². The lowest BCUT2D eigenvalue weighted by Gasteiger charge is -2.40. The minimum absolute atomic E-state index is 0.113. The minimum atomic E-state index is 0.113. The summed E-state index contributed by atoms with van der Waals surface area (Å²) in [6.07, 6.45) is 7.93. The first-order valence-electron chi connectivity index (χ1n) is 8.22. The van der Waals surface area contributed by atoms with Crippen molar-refractivity contribution in [3.05, 3.63) is 46.5 Å². The minimum Gasteiger partial charge on any atom is -0.294 e. The van der Waals surface area contributed by atoms with Crippen LogP contribution in [0.2, 0.25) is 0 Å². The van der Waals surface area contributed by atoms with Gasteiger partial charge in [-0.25, -0.2) is 0 Å². The van der Waals surface area contributed by atoms with Crippen molar-refractivity contribution in [3.63, 3.8) is 0 Å². The largest absolute Gasteiger partial charge is 0.294 e. The molecule has 2 atom stereocenters. The lowest BCUT2D eigenvalue weighted by molar-refractivity contribution is 0.0823. The van der Waals surface area contributed by atoms with Crippen LogP contribution in [0.25, 0.3) is 0 Å². The fourth-order valence-electron chi connectivity index (χ4n) is 4.73. The third-order valence-corrected chi connectivity index (χ3v) is 5.98. The summed E-state index contributed by atoms with van der Waals surface area (Å²) in [5.74, 6) is 1.11. The molecule has 0 radical (unpaired) electrons. The molecule has 1 fully saturated rings. The number of ketones is 1. The molecule has 0 aromatic heterocycles. The Morgan fingerprint density at radius 2 is 1.95 bits per heavy atom. The van der Waals surface area contributed by atoms with E-state index >= 15 is 0 Å². The Bertz CT molecular complexity index is 659. The zero-order chi connectivity index (χ0) is 14.8.